The molecule has 0 spiro atoms. The highest BCUT2D eigenvalue weighted by molar-refractivity contribution is 7.93. The second kappa shape index (κ2) is 9.03. The molecule has 144 valence electrons. The van der Waals surface area contributed by atoms with Crippen molar-refractivity contribution in [3.05, 3.63) is 23.6 Å². The Bertz CT molecular complexity index is 591. The van der Waals surface area contributed by atoms with Crippen molar-refractivity contribution in [1.29, 1.82) is 0 Å². The van der Waals surface area contributed by atoms with E-state index in [4.69, 9.17) is 9.47 Å². The fraction of sp³-hybridized carbons (Fsp3) is 0.647. The summed E-state index contributed by atoms with van der Waals surface area (Å²) in [5, 5.41) is 3.57. The molecule has 0 aromatic carbocycles. The molecule has 8 heteroatoms. The lowest BCUT2D eigenvalue weighted by atomic mass is 10.1. The van der Waals surface area contributed by atoms with E-state index >= 15 is 0 Å². The molecule has 0 aliphatic rings. The number of sulfone groups is 1. The summed E-state index contributed by atoms with van der Waals surface area (Å²) in [6, 6.07) is -0.700. The van der Waals surface area contributed by atoms with Crippen molar-refractivity contribution in [2.45, 2.75) is 65.2 Å². The number of ether oxygens (including phenoxy) is 2. The minimum atomic E-state index is -3.25. The van der Waals surface area contributed by atoms with Crippen molar-refractivity contribution < 1.29 is 27.5 Å². The van der Waals surface area contributed by atoms with Crippen LogP contribution in [0.4, 0.5) is 4.79 Å². The third-order valence-electron chi connectivity index (χ3n) is 2.29. The summed E-state index contributed by atoms with van der Waals surface area (Å²) in [5.74, 6) is -0.495. The number of allylic oxidation sites excluding steroid dienone is 2. The van der Waals surface area contributed by atoms with Gasteiger partial charge in [0, 0.05) is 11.7 Å². The lowest BCUT2D eigenvalue weighted by molar-refractivity contribution is -0.155. The number of nitrogens with one attached hydrogen (secondary N) is 1. The monoisotopic (exact) mass is 375 g/mol. The molecule has 0 heterocycles. The van der Waals surface area contributed by atoms with E-state index in [0.29, 0.717) is 0 Å². The zero-order valence-corrected chi connectivity index (χ0v) is 16.8. The van der Waals surface area contributed by atoms with E-state index in [0.717, 1.165) is 11.7 Å². The molecule has 0 radical (unpaired) electrons. The van der Waals surface area contributed by atoms with E-state index < -0.39 is 39.1 Å². The minimum Gasteiger partial charge on any atom is -0.460 e. The van der Waals surface area contributed by atoms with E-state index in [1.807, 2.05) is 0 Å². The molecule has 0 unspecified atom stereocenters. The maximum atomic E-state index is 12.0. The van der Waals surface area contributed by atoms with Gasteiger partial charge in [-0.2, -0.15) is 0 Å². The third-order valence-corrected chi connectivity index (χ3v) is 2.94. The SMILES string of the molecule is CC(C)(C)OC(=O)C[C@@H](C=CC=CS(C)(=O)=O)NC(=O)OC(C)(C)C. The van der Waals surface area contributed by atoms with Gasteiger partial charge in [0.05, 0.1) is 12.5 Å². The van der Waals surface area contributed by atoms with Crippen molar-refractivity contribution in [2.75, 3.05) is 6.26 Å². The van der Waals surface area contributed by atoms with E-state index in [9.17, 15) is 18.0 Å². The number of amides is 1. The molecule has 0 rings (SSSR count). The van der Waals surface area contributed by atoms with Crippen LogP contribution in [0.2, 0.25) is 0 Å². The molecule has 0 saturated heterocycles. The number of alkyl carbamates (subject to hydrolysis) is 1. The van der Waals surface area contributed by atoms with Crippen LogP contribution in [-0.4, -0.2) is 44.0 Å². The molecule has 0 aliphatic carbocycles. The quantitative estimate of drug-likeness (QED) is 0.566. The summed E-state index contributed by atoms with van der Waals surface area (Å²) in [4.78, 5) is 23.9. The molecule has 1 amide bonds. The number of esters is 1. The highest BCUT2D eigenvalue weighted by atomic mass is 32.2. The van der Waals surface area contributed by atoms with Crippen molar-refractivity contribution in [3.63, 3.8) is 0 Å². The van der Waals surface area contributed by atoms with Crippen molar-refractivity contribution >= 4 is 21.9 Å². The lowest BCUT2D eigenvalue weighted by Crippen LogP contribution is -2.40. The number of carbonyl (C=O) groups is 2. The maximum absolute atomic E-state index is 12.0. The number of hydrogen-bond donors (Lipinski definition) is 1. The Hall–Kier alpha value is -1.83. The van der Waals surface area contributed by atoms with Crippen LogP contribution in [-0.2, 0) is 24.1 Å². The van der Waals surface area contributed by atoms with Crippen LogP contribution in [0.5, 0.6) is 0 Å². The topological polar surface area (TPSA) is 98.8 Å². The normalized spacial score (nSPS) is 14.5. The second-order valence-electron chi connectivity index (χ2n) is 7.59. The molecule has 0 saturated carbocycles. The summed E-state index contributed by atoms with van der Waals surface area (Å²) in [6.07, 6.45) is 4.52. The number of carbonyl (C=O) groups excluding carboxylic acids is 2. The summed E-state index contributed by atoms with van der Waals surface area (Å²) < 4.78 is 32.5. The first kappa shape index (κ1) is 23.2. The van der Waals surface area contributed by atoms with Crippen molar-refractivity contribution in [3.8, 4) is 0 Å². The average molecular weight is 375 g/mol. The first-order valence-electron chi connectivity index (χ1n) is 7.84. The number of hydrogen-bond acceptors (Lipinski definition) is 6. The smallest absolute Gasteiger partial charge is 0.408 e. The zero-order chi connectivity index (χ0) is 19.9. The van der Waals surface area contributed by atoms with Gasteiger partial charge < -0.3 is 14.8 Å². The fourth-order valence-corrected chi connectivity index (χ4v) is 1.95. The molecule has 0 fully saturated rings. The van der Waals surface area contributed by atoms with Gasteiger partial charge in [-0.05, 0) is 41.5 Å². The van der Waals surface area contributed by atoms with E-state index in [2.05, 4.69) is 5.32 Å². The molecule has 7 nitrogen and oxygen atoms in total. The van der Waals surface area contributed by atoms with Gasteiger partial charge in [0.25, 0.3) is 0 Å². The highest BCUT2D eigenvalue weighted by Crippen LogP contribution is 2.11. The maximum Gasteiger partial charge on any atom is 0.408 e. The van der Waals surface area contributed by atoms with Gasteiger partial charge in [0.15, 0.2) is 9.84 Å². The largest absolute Gasteiger partial charge is 0.460 e. The summed E-state index contributed by atoms with van der Waals surface area (Å²) in [6.45, 7) is 10.4. The Labute approximate surface area is 150 Å². The first-order chi connectivity index (χ1) is 11.1. The van der Waals surface area contributed by atoms with Gasteiger partial charge in [-0.3, -0.25) is 4.79 Å². The number of rotatable bonds is 6. The van der Waals surface area contributed by atoms with Crippen LogP contribution >= 0.6 is 0 Å². The molecule has 25 heavy (non-hydrogen) atoms. The van der Waals surface area contributed by atoms with Crippen LogP contribution < -0.4 is 5.32 Å². The molecule has 0 aromatic rings. The Morgan fingerprint density at radius 2 is 1.52 bits per heavy atom. The molecule has 1 N–H and O–H groups in total. The van der Waals surface area contributed by atoms with Gasteiger partial charge in [0.2, 0.25) is 0 Å². The molecule has 0 bridgehead atoms. The summed E-state index contributed by atoms with van der Waals surface area (Å²) >= 11 is 0. The Kier molecular flexibility index (Phi) is 8.37. The Balaban J connectivity index is 5.04. The molecular weight excluding hydrogens is 346 g/mol. The molecule has 1 atom stereocenters. The van der Waals surface area contributed by atoms with E-state index in [-0.39, 0.29) is 6.42 Å². The van der Waals surface area contributed by atoms with Gasteiger partial charge in [-0.15, -0.1) is 0 Å². The standard InChI is InChI=1S/C17H29NO6S/c1-16(2,3)23-14(19)12-13(10-8-9-11-25(7,21)22)18-15(20)24-17(4,5)6/h8-11,13H,12H2,1-7H3,(H,18,20)/t13-/m1/s1. The van der Waals surface area contributed by atoms with Crippen LogP contribution in [0, 0.1) is 0 Å². The summed E-state index contributed by atoms with van der Waals surface area (Å²) in [5.41, 5.74) is -1.33. The molecule has 0 aromatic heterocycles. The Morgan fingerprint density at radius 3 is 1.96 bits per heavy atom. The minimum absolute atomic E-state index is 0.111. The molecular formula is C17H29NO6S. The highest BCUT2D eigenvalue weighted by Gasteiger charge is 2.22. The predicted molar refractivity (Wildman–Crippen MR) is 96.7 cm³/mol. The van der Waals surface area contributed by atoms with Crippen molar-refractivity contribution in [1.82, 2.24) is 5.32 Å². The van der Waals surface area contributed by atoms with Crippen LogP contribution in [0.3, 0.4) is 0 Å². The predicted octanol–water partition coefficient (Wildman–Crippen LogP) is 2.73. The third kappa shape index (κ3) is 15.4. The van der Waals surface area contributed by atoms with E-state index in [1.54, 1.807) is 41.5 Å². The van der Waals surface area contributed by atoms with Crippen LogP contribution in [0.1, 0.15) is 48.0 Å². The van der Waals surface area contributed by atoms with Crippen LogP contribution in [0.15, 0.2) is 23.6 Å². The van der Waals surface area contributed by atoms with Gasteiger partial charge >= 0.3 is 12.1 Å². The van der Waals surface area contributed by atoms with E-state index in [1.165, 1.54) is 18.2 Å². The second-order valence-corrected chi connectivity index (χ2v) is 9.52. The van der Waals surface area contributed by atoms with Crippen LogP contribution in [0.25, 0.3) is 0 Å². The lowest BCUT2D eigenvalue weighted by Gasteiger charge is -2.23. The zero-order valence-electron chi connectivity index (χ0n) is 16.0. The van der Waals surface area contributed by atoms with Gasteiger partial charge in [-0.1, -0.05) is 18.2 Å². The molecule has 0 aliphatic heterocycles. The Morgan fingerprint density at radius 1 is 1.00 bits per heavy atom. The van der Waals surface area contributed by atoms with Crippen molar-refractivity contribution in [2.24, 2.45) is 0 Å². The summed E-state index contributed by atoms with van der Waals surface area (Å²) in [7, 11) is -3.25. The first-order valence-corrected chi connectivity index (χ1v) is 9.79. The van der Waals surface area contributed by atoms with Gasteiger partial charge in [-0.25, -0.2) is 13.2 Å². The average Bonchev–Trinajstić information content (AvgIpc) is 2.27. The fourth-order valence-electron chi connectivity index (χ4n) is 1.58. The van der Waals surface area contributed by atoms with Gasteiger partial charge in [0.1, 0.15) is 11.2 Å².